The number of carbonyl (C=O) groups excluding carboxylic acids is 2. The Balaban J connectivity index is 1.59. The van der Waals surface area contributed by atoms with Gasteiger partial charge < -0.3 is 11.1 Å². The zero-order valence-corrected chi connectivity index (χ0v) is 22.7. The maximum Gasteiger partial charge on any atom is 0.417 e. The summed E-state index contributed by atoms with van der Waals surface area (Å²) in [6.07, 6.45) is -1.33. The number of rotatable bonds is 12. The summed E-state index contributed by atoms with van der Waals surface area (Å²) in [6, 6.07) is 1.38. The summed E-state index contributed by atoms with van der Waals surface area (Å²) in [5.74, 6) is -2.38. The highest BCUT2D eigenvalue weighted by Crippen LogP contribution is 2.41. The number of halogens is 4. The predicted octanol–water partition coefficient (Wildman–Crippen LogP) is 4.50. The minimum Gasteiger partial charge on any atom is -0.365 e. The van der Waals surface area contributed by atoms with Crippen LogP contribution in [0.3, 0.4) is 0 Å². The van der Waals surface area contributed by atoms with Gasteiger partial charge in [-0.15, -0.1) is 11.3 Å². The molecule has 1 aromatic heterocycles. The lowest BCUT2D eigenvalue weighted by atomic mass is 9.86. The van der Waals surface area contributed by atoms with Gasteiger partial charge in [0.1, 0.15) is 5.82 Å². The van der Waals surface area contributed by atoms with Crippen molar-refractivity contribution in [3.8, 4) is 0 Å². The summed E-state index contributed by atoms with van der Waals surface area (Å²) in [7, 11) is -4.54. The van der Waals surface area contributed by atoms with E-state index in [1.807, 2.05) is 13.8 Å². The Hall–Kier alpha value is -2.51. The standard InChI is InChI=1S/C25H31F4N3O4S2/c1-14(2)12-17(21-16-6-5-7-19(16)37-22(21)23(30)33)24(34)31-10-3-4-11-32-38(35,36)20-9-8-15(26)13-18(20)25(27,28)29/h8-9,13-14,17,32H,3-7,10-12H2,1-2H3,(H2,30,33)(H,31,34)/t17-/m0/s1. The first-order valence-electron chi connectivity index (χ1n) is 12.3. The number of fused-ring (bicyclic) bond motifs is 1. The molecule has 210 valence electrons. The second kappa shape index (κ2) is 12.1. The van der Waals surface area contributed by atoms with Gasteiger partial charge >= 0.3 is 6.18 Å². The summed E-state index contributed by atoms with van der Waals surface area (Å²) in [5, 5.41) is 2.84. The Morgan fingerprint density at radius 2 is 1.82 bits per heavy atom. The second-order valence-corrected chi connectivity index (χ2v) is 12.5. The van der Waals surface area contributed by atoms with Gasteiger partial charge in [0.05, 0.1) is 21.3 Å². The number of hydrogen-bond acceptors (Lipinski definition) is 5. The van der Waals surface area contributed by atoms with Gasteiger partial charge in [0.25, 0.3) is 5.91 Å². The van der Waals surface area contributed by atoms with Gasteiger partial charge in [-0.2, -0.15) is 13.2 Å². The van der Waals surface area contributed by atoms with Gasteiger partial charge in [0.2, 0.25) is 15.9 Å². The van der Waals surface area contributed by atoms with Crippen LogP contribution in [0.2, 0.25) is 0 Å². The first-order valence-corrected chi connectivity index (χ1v) is 14.6. The molecule has 4 N–H and O–H groups in total. The summed E-state index contributed by atoms with van der Waals surface area (Å²) in [4.78, 5) is 25.8. The molecule has 2 aromatic rings. The van der Waals surface area contributed by atoms with Crippen LogP contribution in [-0.4, -0.2) is 33.3 Å². The van der Waals surface area contributed by atoms with Crippen molar-refractivity contribution in [3.05, 3.63) is 50.5 Å². The number of sulfonamides is 1. The molecule has 0 unspecified atom stereocenters. The molecule has 0 saturated heterocycles. The van der Waals surface area contributed by atoms with E-state index in [1.54, 1.807) is 0 Å². The van der Waals surface area contributed by atoms with E-state index in [4.69, 9.17) is 5.73 Å². The zero-order chi connectivity index (χ0) is 28.3. The monoisotopic (exact) mass is 577 g/mol. The van der Waals surface area contributed by atoms with Crippen LogP contribution >= 0.6 is 11.3 Å². The maximum absolute atomic E-state index is 13.3. The summed E-state index contributed by atoms with van der Waals surface area (Å²) in [6.45, 7) is 3.99. The SMILES string of the molecule is CC(C)C[C@H](C(=O)NCCCCNS(=O)(=O)c1ccc(F)cc1C(F)(F)F)c1c(C(N)=O)sc2c1CCC2. The molecule has 3 rings (SSSR count). The number of unbranched alkanes of at least 4 members (excludes halogenated alkanes) is 1. The Morgan fingerprint density at radius 1 is 1.13 bits per heavy atom. The van der Waals surface area contributed by atoms with Crippen LogP contribution in [0.15, 0.2) is 23.1 Å². The van der Waals surface area contributed by atoms with Crippen LogP contribution in [0.1, 0.15) is 76.7 Å². The van der Waals surface area contributed by atoms with Gasteiger partial charge in [-0.3, -0.25) is 9.59 Å². The fourth-order valence-electron chi connectivity index (χ4n) is 4.63. The van der Waals surface area contributed by atoms with E-state index in [0.717, 1.165) is 29.7 Å². The molecular formula is C25H31F4N3O4S2. The minimum atomic E-state index is -5.04. The molecule has 1 atom stereocenters. The summed E-state index contributed by atoms with van der Waals surface area (Å²) >= 11 is 1.36. The predicted molar refractivity (Wildman–Crippen MR) is 136 cm³/mol. The third kappa shape index (κ3) is 7.11. The fourth-order valence-corrected chi connectivity index (χ4v) is 7.22. The third-order valence-corrected chi connectivity index (χ3v) is 9.13. The number of alkyl halides is 3. The van der Waals surface area contributed by atoms with Crippen molar-refractivity contribution >= 4 is 33.2 Å². The highest BCUT2D eigenvalue weighted by Gasteiger charge is 2.37. The molecular weight excluding hydrogens is 546 g/mol. The van der Waals surface area contributed by atoms with E-state index in [0.29, 0.717) is 35.4 Å². The van der Waals surface area contributed by atoms with Crippen molar-refractivity contribution in [2.24, 2.45) is 11.7 Å². The topological polar surface area (TPSA) is 118 Å². The summed E-state index contributed by atoms with van der Waals surface area (Å²) in [5.41, 5.74) is 5.80. The quantitative estimate of drug-likeness (QED) is 0.254. The second-order valence-electron chi connectivity index (χ2n) is 9.68. The van der Waals surface area contributed by atoms with E-state index < -0.39 is 44.3 Å². The van der Waals surface area contributed by atoms with E-state index in [1.165, 1.54) is 11.3 Å². The lowest BCUT2D eigenvalue weighted by molar-refractivity contribution is -0.140. The number of primary amides is 1. The number of hydrogen-bond donors (Lipinski definition) is 3. The Kier molecular flexibility index (Phi) is 9.58. The molecule has 0 spiro atoms. The van der Waals surface area contributed by atoms with Crippen LogP contribution < -0.4 is 15.8 Å². The minimum absolute atomic E-state index is 0.143. The van der Waals surface area contributed by atoms with E-state index in [9.17, 15) is 35.6 Å². The van der Waals surface area contributed by atoms with Crippen molar-refractivity contribution < 1.29 is 35.6 Å². The molecule has 1 heterocycles. The number of benzene rings is 1. The number of carbonyl (C=O) groups is 2. The van der Waals surface area contributed by atoms with Crippen LogP contribution in [0.4, 0.5) is 17.6 Å². The Labute approximate surface area is 223 Å². The zero-order valence-electron chi connectivity index (χ0n) is 21.1. The molecule has 38 heavy (non-hydrogen) atoms. The molecule has 0 fully saturated rings. The lowest BCUT2D eigenvalue weighted by Crippen LogP contribution is -2.33. The number of nitrogens with two attached hydrogens (primary N) is 1. The van der Waals surface area contributed by atoms with Gasteiger partial charge in [-0.1, -0.05) is 13.8 Å². The largest absolute Gasteiger partial charge is 0.417 e. The molecule has 7 nitrogen and oxygen atoms in total. The van der Waals surface area contributed by atoms with Crippen LogP contribution in [0.25, 0.3) is 0 Å². The van der Waals surface area contributed by atoms with E-state index in [2.05, 4.69) is 10.0 Å². The normalized spacial score (nSPS) is 14.5. The first-order chi connectivity index (χ1) is 17.7. The van der Waals surface area contributed by atoms with Crippen molar-refractivity contribution in [1.82, 2.24) is 10.0 Å². The average molecular weight is 578 g/mol. The van der Waals surface area contributed by atoms with Crippen molar-refractivity contribution in [3.63, 3.8) is 0 Å². The molecule has 0 radical (unpaired) electrons. The molecule has 0 aliphatic heterocycles. The van der Waals surface area contributed by atoms with Gasteiger partial charge in [0.15, 0.2) is 0 Å². The van der Waals surface area contributed by atoms with Crippen LogP contribution in [-0.2, 0) is 33.8 Å². The van der Waals surface area contributed by atoms with Gasteiger partial charge in [0, 0.05) is 18.0 Å². The van der Waals surface area contributed by atoms with Crippen molar-refractivity contribution in [2.45, 2.75) is 69.4 Å². The van der Waals surface area contributed by atoms with Crippen LogP contribution in [0, 0.1) is 11.7 Å². The highest BCUT2D eigenvalue weighted by atomic mass is 32.2. The molecule has 2 amide bonds. The van der Waals surface area contributed by atoms with Gasteiger partial charge in [-0.25, -0.2) is 17.5 Å². The molecule has 1 aromatic carbocycles. The van der Waals surface area contributed by atoms with Crippen molar-refractivity contribution in [1.29, 1.82) is 0 Å². The molecule has 0 saturated carbocycles. The number of amides is 2. The lowest BCUT2D eigenvalue weighted by Gasteiger charge is -2.21. The maximum atomic E-state index is 13.3. The number of thiophene rings is 1. The van der Waals surface area contributed by atoms with E-state index in [-0.39, 0.29) is 37.4 Å². The molecule has 0 bridgehead atoms. The number of aryl methyl sites for hydroxylation is 1. The molecule has 1 aliphatic carbocycles. The number of nitrogens with one attached hydrogen (secondary N) is 2. The van der Waals surface area contributed by atoms with Crippen molar-refractivity contribution in [2.75, 3.05) is 13.1 Å². The highest BCUT2D eigenvalue weighted by molar-refractivity contribution is 7.89. The Bertz CT molecular complexity index is 1290. The fraction of sp³-hybridized carbons (Fsp3) is 0.520. The Morgan fingerprint density at radius 3 is 2.45 bits per heavy atom. The molecule has 1 aliphatic rings. The van der Waals surface area contributed by atoms with E-state index >= 15 is 0 Å². The average Bonchev–Trinajstić information content (AvgIpc) is 3.40. The van der Waals surface area contributed by atoms with Crippen LogP contribution in [0.5, 0.6) is 0 Å². The molecule has 13 heteroatoms. The summed E-state index contributed by atoms with van der Waals surface area (Å²) < 4.78 is 79.8. The smallest absolute Gasteiger partial charge is 0.365 e. The van der Waals surface area contributed by atoms with Gasteiger partial charge in [-0.05, 0) is 73.8 Å². The first kappa shape index (κ1) is 30.0. The third-order valence-electron chi connectivity index (χ3n) is 6.29.